The lowest BCUT2D eigenvalue weighted by atomic mass is 10.1. The van der Waals surface area contributed by atoms with Crippen LogP contribution in [0, 0.1) is 0 Å². The predicted molar refractivity (Wildman–Crippen MR) is 105 cm³/mol. The van der Waals surface area contributed by atoms with Gasteiger partial charge in [0.15, 0.2) is 5.96 Å². The number of amides is 1. The normalized spacial score (nSPS) is 15.8. The van der Waals surface area contributed by atoms with E-state index in [1.54, 1.807) is 19.0 Å². The van der Waals surface area contributed by atoms with Crippen molar-refractivity contribution in [2.75, 3.05) is 33.7 Å². The van der Waals surface area contributed by atoms with Gasteiger partial charge in [0, 0.05) is 27.2 Å². The average molecular weight is 430 g/mol. The number of hydrogen-bond donors (Lipinski definition) is 1. The van der Waals surface area contributed by atoms with Crippen LogP contribution in [0.25, 0.3) is 0 Å². The van der Waals surface area contributed by atoms with E-state index in [0.29, 0.717) is 0 Å². The summed E-state index contributed by atoms with van der Waals surface area (Å²) in [6.07, 6.45) is 2.37. The number of nitrogens with zero attached hydrogens (tertiary/aromatic N) is 3. The maximum atomic E-state index is 11.8. The van der Waals surface area contributed by atoms with E-state index in [1.807, 2.05) is 18.2 Å². The Hall–Kier alpha value is -1.31. The molecule has 1 N–H and O–H groups in total. The van der Waals surface area contributed by atoms with Crippen LogP contribution in [-0.4, -0.2) is 55.4 Å². The molecule has 2 rings (SSSR count). The van der Waals surface area contributed by atoms with E-state index in [0.717, 1.165) is 19.0 Å². The Morgan fingerprint density at radius 1 is 1.26 bits per heavy atom. The highest BCUT2D eigenvalue weighted by Gasteiger charge is 2.19. The third kappa shape index (κ3) is 6.01. The lowest BCUT2D eigenvalue weighted by Crippen LogP contribution is -2.41. The maximum absolute atomic E-state index is 11.8. The number of guanidine groups is 1. The van der Waals surface area contributed by atoms with Gasteiger partial charge in [0.05, 0.1) is 6.04 Å². The van der Waals surface area contributed by atoms with E-state index in [2.05, 4.69) is 34.3 Å². The first-order chi connectivity index (χ1) is 10.6. The lowest BCUT2D eigenvalue weighted by molar-refractivity contribution is -0.127. The molecule has 1 saturated heterocycles. The van der Waals surface area contributed by atoms with E-state index in [4.69, 9.17) is 0 Å². The first-order valence-corrected chi connectivity index (χ1v) is 7.89. The number of likely N-dealkylation sites (tertiary alicyclic amines) is 1. The predicted octanol–water partition coefficient (Wildman–Crippen LogP) is 2.50. The number of halogens is 1. The number of carbonyl (C=O) groups excluding carboxylic acids is 1. The summed E-state index contributed by atoms with van der Waals surface area (Å²) in [4.78, 5) is 20.1. The molecule has 1 aliphatic rings. The molecule has 0 radical (unpaired) electrons. The molecule has 1 amide bonds. The lowest BCUT2D eigenvalue weighted by Gasteiger charge is -2.25. The zero-order valence-corrected chi connectivity index (χ0v) is 16.5. The van der Waals surface area contributed by atoms with E-state index in [1.165, 1.54) is 18.4 Å². The van der Waals surface area contributed by atoms with Gasteiger partial charge in [-0.3, -0.25) is 4.79 Å². The van der Waals surface area contributed by atoms with Gasteiger partial charge in [0.1, 0.15) is 6.54 Å². The number of aliphatic imine (C=N–C) groups is 1. The highest BCUT2D eigenvalue weighted by Crippen LogP contribution is 2.14. The number of carbonyl (C=O) groups is 1. The van der Waals surface area contributed by atoms with Crippen molar-refractivity contribution in [2.45, 2.75) is 25.8 Å². The molecule has 0 bridgehead atoms. The SMILES string of the molecule is CC(NC(=NCC(=O)N(C)C)N1CCCC1)c1ccccc1.I. The molecule has 0 aromatic heterocycles. The zero-order valence-electron chi connectivity index (χ0n) is 14.2. The monoisotopic (exact) mass is 430 g/mol. The number of likely N-dealkylation sites (N-methyl/N-ethyl adjacent to an activating group) is 1. The smallest absolute Gasteiger partial charge is 0.243 e. The minimum Gasteiger partial charge on any atom is -0.350 e. The molecule has 1 aromatic carbocycles. The van der Waals surface area contributed by atoms with E-state index < -0.39 is 0 Å². The minimum absolute atomic E-state index is 0. The van der Waals surface area contributed by atoms with Crippen molar-refractivity contribution < 1.29 is 4.79 Å². The molecule has 6 heteroatoms. The molecule has 23 heavy (non-hydrogen) atoms. The first kappa shape index (κ1) is 19.7. The third-order valence-corrected chi connectivity index (χ3v) is 3.91. The van der Waals surface area contributed by atoms with Crippen LogP contribution < -0.4 is 5.32 Å². The van der Waals surface area contributed by atoms with Gasteiger partial charge in [-0.15, -0.1) is 24.0 Å². The molecule has 0 spiro atoms. The van der Waals surface area contributed by atoms with Gasteiger partial charge in [0.2, 0.25) is 5.91 Å². The Bertz CT molecular complexity index is 513. The van der Waals surface area contributed by atoms with Crippen molar-refractivity contribution in [1.29, 1.82) is 0 Å². The van der Waals surface area contributed by atoms with Crippen LogP contribution in [0.1, 0.15) is 31.4 Å². The second-order valence-corrected chi connectivity index (χ2v) is 5.90. The number of benzene rings is 1. The standard InChI is InChI=1S/C17H26N4O.HI/c1-14(15-9-5-4-6-10-15)19-17(21-11-7-8-12-21)18-13-16(22)20(2)3;/h4-6,9-10,14H,7-8,11-13H2,1-3H3,(H,18,19);1H. The average Bonchev–Trinajstić information content (AvgIpc) is 3.05. The Kier molecular flexibility index (Phi) is 8.36. The van der Waals surface area contributed by atoms with Crippen LogP contribution in [0.3, 0.4) is 0 Å². The second-order valence-electron chi connectivity index (χ2n) is 5.90. The fourth-order valence-electron chi connectivity index (χ4n) is 2.47. The van der Waals surface area contributed by atoms with Gasteiger partial charge in [-0.05, 0) is 25.3 Å². The van der Waals surface area contributed by atoms with E-state index in [9.17, 15) is 4.79 Å². The number of nitrogens with one attached hydrogen (secondary N) is 1. The van der Waals surface area contributed by atoms with Crippen LogP contribution >= 0.6 is 24.0 Å². The molecule has 1 aromatic rings. The molecular weight excluding hydrogens is 403 g/mol. The second kappa shape index (κ2) is 9.75. The molecule has 0 saturated carbocycles. The summed E-state index contributed by atoms with van der Waals surface area (Å²) < 4.78 is 0. The van der Waals surface area contributed by atoms with Gasteiger partial charge in [-0.2, -0.15) is 0 Å². The Morgan fingerprint density at radius 3 is 2.43 bits per heavy atom. The molecule has 1 heterocycles. The molecule has 5 nitrogen and oxygen atoms in total. The summed E-state index contributed by atoms with van der Waals surface area (Å²) in [5, 5.41) is 3.47. The molecule has 0 aliphatic carbocycles. The van der Waals surface area contributed by atoms with Crippen LogP contribution in [0.4, 0.5) is 0 Å². The van der Waals surface area contributed by atoms with Gasteiger partial charge in [0.25, 0.3) is 0 Å². The summed E-state index contributed by atoms with van der Waals surface area (Å²) in [5.74, 6) is 0.856. The van der Waals surface area contributed by atoms with Crippen LogP contribution in [0.15, 0.2) is 35.3 Å². The van der Waals surface area contributed by atoms with Crippen molar-refractivity contribution in [3.8, 4) is 0 Å². The molecule has 1 fully saturated rings. The number of rotatable bonds is 4. The summed E-state index contributed by atoms with van der Waals surface area (Å²) in [6.45, 7) is 4.31. The van der Waals surface area contributed by atoms with E-state index >= 15 is 0 Å². The van der Waals surface area contributed by atoms with E-state index in [-0.39, 0.29) is 42.5 Å². The molecule has 1 atom stereocenters. The fourth-order valence-corrected chi connectivity index (χ4v) is 2.47. The number of hydrogen-bond acceptors (Lipinski definition) is 2. The molecule has 1 unspecified atom stereocenters. The van der Waals surface area contributed by atoms with Crippen molar-refractivity contribution >= 4 is 35.8 Å². The summed E-state index contributed by atoms with van der Waals surface area (Å²) in [5.41, 5.74) is 1.22. The van der Waals surface area contributed by atoms with Crippen molar-refractivity contribution in [1.82, 2.24) is 15.1 Å². The van der Waals surface area contributed by atoms with Gasteiger partial charge in [-0.1, -0.05) is 30.3 Å². The van der Waals surface area contributed by atoms with Crippen molar-refractivity contribution in [3.05, 3.63) is 35.9 Å². The third-order valence-electron chi connectivity index (χ3n) is 3.91. The van der Waals surface area contributed by atoms with Crippen molar-refractivity contribution in [3.63, 3.8) is 0 Å². The molecular formula is C17H27IN4O. The minimum atomic E-state index is 0. The molecule has 1 aliphatic heterocycles. The van der Waals surface area contributed by atoms with Crippen molar-refractivity contribution in [2.24, 2.45) is 4.99 Å². The zero-order chi connectivity index (χ0) is 15.9. The maximum Gasteiger partial charge on any atom is 0.243 e. The summed E-state index contributed by atoms with van der Waals surface area (Å²) in [6, 6.07) is 10.5. The summed E-state index contributed by atoms with van der Waals surface area (Å²) >= 11 is 0. The Morgan fingerprint density at radius 2 is 1.87 bits per heavy atom. The quantitative estimate of drug-likeness (QED) is 0.454. The van der Waals surface area contributed by atoms with Gasteiger partial charge >= 0.3 is 0 Å². The fraction of sp³-hybridized carbons (Fsp3) is 0.529. The highest BCUT2D eigenvalue weighted by atomic mass is 127. The Labute approximate surface area is 156 Å². The highest BCUT2D eigenvalue weighted by molar-refractivity contribution is 14.0. The van der Waals surface area contributed by atoms with Crippen LogP contribution in [0.2, 0.25) is 0 Å². The van der Waals surface area contributed by atoms with Gasteiger partial charge < -0.3 is 15.1 Å². The molecule has 128 valence electrons. The largest absolute Gasteiger partial charge is 0.350 e. The van der Waals surface area contributed by atoms with Crippen LogP contribution in [-0.2, 0) is 4.79 Å². The Balaban J connectivity index is 0.00000264. The van der Waals surface area contributed by atoms with Crippen LogP contribution in [0.5, 0.6) is 0 Å². The summed E-state index contributed by atoms with van der Waals surface area (Å²) in [7, 11) is 3.51. The van der Waals surface area contributed by atoms with Gasteiger partial charge in [-0.25, -0.2) is 4.99 Å². The first-order valence-electron chi connectivity index (χ1n) is 7.89. The topological polar surface area (TPSA) is 47.9 Å².